The van der Waals surface area contributed by atoms with E-state index in [0.717, 1.165) is 67.2 Å². The van der Waals surface area contributed by atoms with E-state index in [-0.39, 0.29) is 10.8 Å². The van der Waals surface area contributed by atoms with Gasteiger partial charge in [-0.2, -0.15) is 0 Å². The zero-order valence-corrected chi connectivity index (χ0v) is 31.6. The third-order valence-electron chi connectivity index (χ3n) is 10.3. The lowest BCUT2D eigenvalue weighted by Crippen LogP contribution is -2.16. The molecule has 8 aromatic rings. The third-order valence-corrected chi connectivity index (χ3v) is 10.3. The molecule has 0 spiro atoms. The van der Waals surface area contributed by atoms with Crippen molar-refractivity contribution in [3.05, 3.63) is 151 Å². The molecule has 262 valence electrons. The van der Waals surface area contributed by atoms with Gasteiger partial charge in [-0.25, -0.2) is 4.98 Å². The second-order valence-corrected chi connectivity index (χ2v) is 16.0. The zero-order chi connectivity index (χ0) is 36.9. The van der Waals surface area contributed by atoms with Gasteiger partial charge in [0.05, 0.1) is 29.7 Å². The molecular weight excluding hydrogens is 647 g/mol. The fourth-order valence-electron chi connectivity index (χ4n) is 7.21. The molecule has 0 saturated carbocycles. The van der Waals surface area contributed by atoms with Crippen LogP contribution in [0.15, 0.2) is 140 Å². The number of ether oxygens (including phenoxy) is 1. The third kappa shape index (κ3) is 6.62. The molecule has 0 bridgehead atoms. The van der Waals surface area contributed by atoms with E-state index in [4.69, 9.17) is 14.7 Å². The summed E-state index contributed by atoms with van der Waals surface area (Å²) in [5.74, 6) is 0.793. The van der Waals surface area contributed by atoms with Crippen LogP contribution in [0.25, 0.3) is 77.8 Å². The van der Waals surface area contributed by atoms with Crippen LogP contribution in [0.3, 0.4) is 0 Å². The summed E-state index contributed by atoms with van der Waals surface area (Å²) >= 11 is 0. The van der Waals surface area contributed by atoms with Gasteiger partial charge in [-0.15, -0.1) is 0 Å². The molecule has 53 heavy (non-hydrogen) atoms. The minimum Gasteiger partial charge on any atom is -0.496 e. The smallest absolute Gasteiger partial charge is 0.128 e. The van der Waals surface area contributed by atoms with Crippen molar-refractivity contribution in [3.8, 4) is 61.8 Å². The van der Waals surface area contributed by atoms with Crippen LogP contribution >= 0.6 is 0 Å². The topological polar surface area (TPSA) is 50.8 Å². The van der Waals surface area contributed by atoms with E-state index in [2.05, 4.69) is 162 Å². The maximum Gasteiger partial charge on any atom is 0.128 e. The van der Waals surface area contributed by atoms with Crippen molar-refractivity contribution in [3.63, 3.8) is 0 Å². The first-order valence-corrected chi connectivity index (χ1v) is 18.3. The number of hydrogen-bond donors (Lipinski definition) is 1. The SMILES string of the molecule is COc1ccccc1-c1cc(-c2cc(C(C)(C)C)cc(C(C)(C)C)c2)cc(-c2cccc(-c3cc(-c4cccc5c4[nH]c4ccccc45)ccn3)c2)n1. The first kappa shape index (κ1) is 34.1. The van der Waals surface area contributed by atoms with E-state index in [9.17, 15) is 0 Å². The number of fused-ring (bicyclic) bond motifs is 3. The predicted molar refractivity (Wildman–Crippen MR) is 223 cm³/mol. The Kier molecular flexibility index (Phi) is 8.50. The summed E-state index contributed by atoms with van der Waals surface area (Å²) < 4.78 is 5.84. The van der Waals surface area contributed by atoms with Gasteiger partial charge >= 0.3 is 0 Å². The van der Waals surface area contributed by atoms with Crippen molar-refractivity contribution < 1.29 is 4.74 Å². The van der Waals surface area contributed by atoms with Gasteiger partial charge in [0, 0.05) is 44.7 Å². The standard InChI is InChI=1S/C49H45N3O/c1-48(2,3)36-25-34(26-37(30-36)49(4,5)6)35-28-44(51-45(29-35)41-17-9-11-21-46(41)53-7)33-15-12-14-32(24-33)43-27-31(22-23-50-43)38-18-13-19-40-39-16-8-10-20-42(39)52-47(38)40/h8-30,52H,1-7H3. The highest BCUT2D eigenvalue weighted by Crippen LogP contribution is 2.39. The summed E-state index contributed by atoms with van der Waals surface area (Å²) in [7, 11) is 1.72. The molecule has 0 fully saturated rings. The van der Waals surface area contributed by atoms with Gasteiger partial charge in [0.15, 0.2) is 0 Å². The van der Waals surface area contributed by atoms with Crippen LogP contribution in [0.2, 0.25) is 0 Å². The highest BCUT2D eigenvalue weighted by Gasteiger charge is 2.22. The summed E-state index contributed by atoms with van der Waals surface area (Å²) in [6.45, 7) is 13.7. The number of para-hydroxylation sites is 3. The van der Waals surface area contributed by atoms with Crippen LogP contribution in [0.5, 0.6) is 5.75 Å². The lowest BCUT2D eigenvalue weighted by atomic mass is 9.79. The normalized spacial score (nSPS) is 12.1. The Balaban J connectivity index is 1.27. The molecule has 0 saturated heterocycles. The average Bonchev–Trinajstić information content (AvgIpc) is 3.56. The van der Waals surface area contributed by atoms with E-state index in [1.807, 2.05) is 24.4 Å². The molecule has 0 unspecified atom stereocenters. The van der Waals surface area contributed by atoms with Crippen LogP contribution < -0.4 is 4.74 Å². The van der Waals surface area contributed by atoms with Crippen molar-refractivity contribution in [2.45, 2.75) is 52.4 Å². The number of methoxy groups -OCH3 is 1. The lowest BCUT2D eigenvalue weighted by molar-refractivity contribution is 0.416. The molecule has 3 aromatic heterocycles. The second-order valence-electron chi connectivity index (χ2n) is 16.0. The minimum atomic E-state index is -0.00685. The number of nitrogens with one attached hydrogen (secondary N) is 1. The molecule has 0 atom stereocenters. The molecule has 4 heteroatoms. The first-order valence-electron chi connectivity index (χ1n) is 18.3. The molecule has 3 heterocycles. The lowest BCUT2D eigenvalue weighted by Gasteiger charge is -2.26. The molecule has 1 N–H and O–H groups in total. The van der Waals surface area contributed by atoms with Gasteiger partial charge in [0.2, 0.25) is 0 Å². The molecule has 8 rings (SSSR count). The molecule has 0 aliphatic carbocycles. The number of aromatic amines is 1. The van der Waals surface area contributed by atoms with Gasteiger partial charge in [0.25, 0.3) is 0 Å². The largest absolute Gasteiger partial charge is 0.496 e. The number of pyridine rings is 2. The van der Waals surface area contributed by atoms with Gasteiger partial charge in [0.1, 0.15) is 5.75 Å². The average molecular weight is 692 g/mol. The summed E-state index contributed by atoms with van der Waals surface area (Å²) in [4.78, 5) is 13.8. The van der Waals surface area contributed by atoms with E-state index in [0.29, 0.717) is 0 Å². The number of nitrogens with zero attached hydrogens (tertiary/aromatic N) is 2. The first-order chi connectivity index (χ1) is 25.5. The maximum atomic E-state index is 5.84. The molecule has 0 radical (unpaired) electrons. The highest BCUT2D eigenvalue weighted by atomic mass is 16.5. The van der Waals surface area contributed by atoms with Gasteiger partial charge in [-0.3, -0.25) is 4.98 Å². The Morgan fingerprint density at radius 2 is 1.09 bits per heavy atom. The van der Waals surface area contributed by atoms with Crippen LogP contribution in [0, 0.1) is 0 Å². The van der Waals surface area contributed by atoms with E-state index in [1.165, 1.54) is 27.5 Å². The van der Waals surface area contributed by atoms with Crippen molar-refractivity contribution in [1.29, 1.82) is 0 Å². The van der Waals surface area contributed by atoms with Crippen LogP contribution in [-0.4, -0.2) is 22.1 Å². The fraction of sp³-hybridized carbons (Fsp3) is 0.184. The van der Waals surface area contributed by atoms with Gasteiger partial charge in [-0.1, -0.05) is 126 Å². The quantitative estimate of drug-likeness (QED) is 0.189. The Hall–Kier alpha value is -6.00. The maximum absolute atomic E-state index is 5.84. The minimum absolute atomic E-state index is 0.00685. The zero-order valence-electron chi connectivity index (χ0n) is 31.6. The van der Waals surface area contributed by atoms with Crippen molar-refractivity contribution >= 4 is 21.8 Å². The molecule has 5 aromatic carbocycles. The van der Waals surface area contributed by atoms with Crippen molar-refractivity contribution in [1.82, 2.24) is 15.0 Å². The molecular formula is C49H45N3O. The molecule has 0 amide bonds. The number of rotatable bonds is 6. The highest BCUT2D eigenvalue weighted by molar-refractivity contribution is 6.11. The number of benzene rings is 5. The molecule has 0 aliphatic heterocycles. The van der Waals surface area contributed by atoms with E-state index < -0.39 is 0 Å². The Morgan fingerprint density at radius 3 is 1.85 bits per heavy atom. The predicted octanol–water partition coefficient (Wildman–Crippen LogP) is 13.0. The molecule has 4 nitrogen and oxygen atoms in total. The van der Waals surface area contributed by atoms with Gasteiger partial charge < -0.3 is 9.72 Å². The summed E-state index contributed by atoms with van der Waals surface area (Å²) in [5, 5.41) is 2.45. The Bertz CT molecular complexity index is 2600. The summed E-state index contributed by atoms with van der Waals surface area (Å²) in [6.07, 6.45) is 1.91. The van der Waals surface area contributed by atoms with Crippen LogP contribution in [-0.2, 0) is 10.8 Å². The summed E-state index contributed by atoms with van der Waals surface area (Å²) in [6, 6.07) is 47.5. The Morgan fingerprint density at radius 1 is 0.491 bits per heavy atom. The van der Waals surface area contributed by atoms with Gasteiger partial charge in [-0.05, 0) is 87.2 Å². The second kappa shape index (κ2) is 13.2. The Labute approximate surface area is 312 Å². The monoisotopic (exact) mass is 691 g/mol. The van der Waals surface area contributed by atoms with Crippen molar-refractivity contribution in [2.24, 2.45) is 0 Å². The number of H-pyrrole nitrogens is 1. The molecule has 0 aliphatic rings. The van der Waals surface area contributed by atoms with E-state index >= 15 is 0 Å². The van der Waals surface area contributed by atoms with Crippen LogP contribution in [0.1, 0.15) is 52.7 Å². The van der Waals surface area contributed by atoms with Crippen LogP contribution in [0.4, 0.5) is 0 Å². The number of hydrogen-bond acceptors (Lipinski definition) is 3. The number of aromatic nitrogens is 3. The fourth-order valence-corrected chi connectivity index (χ4v) is 7.21. The summed E-state index contributed by atoms with van der Waals surface area (Å²) in [5.41, 5.74) is 15.1. The van der Waals surface area contributed by atoms with Crippen molar-refractivity contribution in [2.75, 3.05) is 7.11 Å². The van der Waals surface area contributed by atoms with E-state index in [1.54, 1.807) is 7.11 Å².